The summed E-state index contributed by atoms with van der Waals surface area (Å²) in [6, 6.07) is 0. The van der Waals surface area contributed by atoms with Crippen molar-refractivity contribution < 1.29 is 0 Å². The van der Waals surface area contributed by atoms with E-state index in [9.17, 15) is 0 Å². The van der Waals surface area contributed by atoms with Crippen LogP contribution in [-0.2, 0) is 0 Å². The zero-order valence-electron chi connectivity index (χ0n) is 9.77. The Morgan fingerprint density at radius 1 is 1.14 bits per heavy atom. The lowest BCUT2D eigenvalue weighted by Gasteiger charge is -2.25. The SMILES string of the molecule is CCC(CC)CC(CBr)C1CCCC1. The molecule has 0 bridgehead atoms. The third-order valence-electron chi connectivity index (χ3n) is 4.06. The van der Waals surface area contributed by atoms with Gasteiger partial charge < -0.3 is 0 Å². The van der Waals surface area contributed by atoms with Gasteiger partial charge in [0.15, 0.2) is 0 Å². The minimum atomic E-state index is 0.961. The van der Waals surface area contributed by atoms with Gasteiger partial charge in [0.25, 0.3) is 0 Å². The summed E-state index contributed by atoms with van der Waals surface area (Å²) in [6.45, 7) is 4.68. The Hall–Kier alpha value is 0.480. The minimum absolute atomic E-state index is 0.961. The average Bonchev–Trinajstić information content (AvgIpc) is 2.73. The van der Waals surface area contributed by atoms with Gasteiger partial charge in [-0.05, 0) is 24.2 Å². The summed E-state index contributed by atoms with van der Waals surface area (Å²) in [5.74, 6) is 2.97. The molecule has 0 saturated heterocycles. The van der Waals surface area contributed by atoms with Crippen molar-refractivity contribution in [3.63, 3.8) is 0 Å². The summed E-state index contributed by atoms with van der Waals surface area (Å²) >= 11 is 3.71. The van der Waals surface area contributed by atoms with Crippen LogP contribution in [0.4, 0.5) is 0 Å². The van der Waals surface area contributed by atoms with Crippen LogP contribution in [0.5, 0.6) is 0 Å². The fraction of sp³-hybridized carbons (Fsp3) is 1.00. The summed E-state index contributed by atoms with van der Waals surface area (Å²) in [7, 11) is 0. The molecule has 1 rings (SSSR count). The van der Waals surface area contributed by atoms with Crippen LogP contribution in [0.25, 0.3) is 0 Å². The molecule has 0 aromatic heterocycles. The summed E-state index contributed by atoms with van der Waals surface area (Å²) < 4.78 is 0. The molecule has 0 aromatic carbocycles. The van der Waals surface area contributed by atoms with Crippen LogP contribution in [0.1, 0.15) is 58.8 Å². The lowest BCUT2D eigenvalue weighted by Crippen LogP contribution is -2.17. The lowest BCUT2D eigenvalue weighted by atomic mass is 9.83. The van der Waals surface area contributed by atoms with Crippen LogP contribution in [-0.4, -0.2) is 5.33 Å². The van der Waals surface area contributed by atoms with Gasteiger partial charge in [0, 0.05) is 5.33 Å². The molecule has 0 nitrogen and oxygen atoms in total. The van der Waals surface area contributed by atoms with Gasteiger partial charge in [-0.2, -0.15) is 0 Å². The Kier molecular flexibility index (Phi) is 6.16. The van der Waals surface area contributed by atoms with Gasteiger partial charge in [0.1, 0.15) is 0 Å². The average molecular weight is 261 g/mol. The first-order chi connectivity index (χ1) is 6.81. The highest BCUT2D eigenvalue weighted by atomic mass is 79.9. The first-order valence-corrected chi connectivity index (χ1v) is 7.49. The molecule has 1 fully saturated rings. The normalized spacial score (nSPS) is 20.6. The van der Waals surface area contributed by atoms with E-state index in [1.165, 1.54) is 50.3 Å². The third kappa shape index (κ3) is 3.56. The van der Waals surface area contributed by atoms with Crippen molar-refractivity contribution in [2.24, 2.45) is 17.8 Å². The minimum Gasteiger partial charge on any atom is -0.0925 e. The first kappa shape index (κ1) is 12.5. The Bertz CT molecular complexity index is 134. The molecular weight excluding hydrogens is 236 g/mol. The molecule has 1 atom stereocenters. The van der Waals surface area contributed by atoms with Gasteiger partial charge >= 0.3 is 0 Å². The van der Waals surface area contributed by atoms with Gasteiger partial charge in [-0.25, -0.2) is 0 Å². The third-order valence-corrected chi connectivity index (χ3v) is 4.89. The second kappa shape index (κ2) is 6.87. The van der Waals surface area contributed by atoms with Gasteiger partial charge in [-0.15, -0.1) is 0 Å². The molecule has 0 aromatic rings. The second-order valence-electron chi connectivity index (χ2n) is 4.88. The molecule has 1 saturated carbocycles. The highest BCUT2D eigenvalue weighted by Crippen LogP contribution is 2.36. The van der Waals surface area contributed by atoms with E-state index in [2.05, 4.69) is 29.8 Å². The Labute approximate surface area is 98.0 Å². The number of hydrogen-bond acceptors (Lipinski definition) is 0. The number of hydrogen-bond donors (Lipinski definition) is 0. The van der Waals surface area contributed by atoms with Crippen LogP contribution in [0.2, 0.25) is 0 Å². The predicted molar refractivity (Wildman–Crippen MR) is 67.9 cm³/mol. The van der Waals surface area contributed by atoms with Gasteiger partial charge in [-0.1, -0.05) is 68.3 Å². The number of alkyl halides is 1. The van der Waals surface area contributed by atoms with Crippen LogP contribution in [0.15, 0.2) is 0 Å². The molecule has 0 amide bonds. The van der Waals surface area contributed by atoms with E-state index in [0.717, 1.165) is 17.8 Å². The summed E-state index contributed by atoms with van der Waals surface area (Å²) in [4.78, 5) is 0. The molecule has 14 heavy (non-hydrogen) atoms. The molecule has 0 spiro atoms. The van der Waals surface area contributed by atoms with E-state index in [4.69, 9.17) is 0 Å². The van der Waals surface area contributed by atoms with Crippen molar-refractivity contribution in [3.05, 3.63) is 0 Å². The van der Waals surface area contributed by atoms with Gasteiger partial charge in [-0.3, -0.25) is 0 Å². The smallest absolute Gasteiger partial charge is 0.00624 e. The van der Waals surface area contributed by atoms with Crippen LogP contribution in [0, 0.1) is 17.8 Å². The Morgan fingerprint density at radius 2 is 1.71 bits per heavy atom. The standard InChI is InChI=1S/C13H25Br/c1-3-11(4-2)9-13(10-14)12-7-5-6-8-12/h11-13H,3-10H2,1-2H3. The lowest BCUT2D eigenvalue weighted by molar-refractivity contribution is 0.287. The fourth-order valence-electron chi connectivity index (χ4n) is 2.86. The fourth-order valence-corrected chi connectivity index (χ4v) is 3.65. The number of rotatable bonds is 6. The molecule has 0 aliphatic heterocycles. The van der Waals surface area contributed by atoms with Crippen molar-refractivity contribution >= 4 is 15.9 Å². The monoisotopic (exact) mass is 260 g/mol. The molecule has 1 aliphatic carbocycles. The molecule has 1 unspecified atom stereocenters. The van der Waals surface area contributed by atoms with E-state index < -0.39 is 0 Å². The molecule has 84 valence electrons. The zero-order chi connectivity index (χ0) is 10.4. The van der Waals surface area contributed by atoms with E-state index in [-0.39, 0.29) is 0 Å². The summed E-state index contributed by atoms with van der Waals surface area (Å²) in [5.41, 5.74) is 0. The maximum Gasteiger partial charge on any atom is 0.00624 e. The molecule has 1 aliphatic rings. The molecule has 0 heterocycles. The van der Waals surface area contributed by atoms with Crippen molar-refractivity contribution in [2.45, 2.75) is 58.8 Å². The zero-order valence-corrected chi connectivity index (χ0v) is 11.4. The molecule has 0 radical (unpaired) electrons. The van der Waals surface area contributed by atoms with Crippen molar-refractivity contribution in [1.29, 1.82) is 0 Å². The van der Waals surface area contributed by atoms with Crippen LogP contribution >= 0.6 is 15.9 Å². The molecule has 0 N–H and O–H groups in total. The summed E-state index contributed by atoms with van der Waals surface area (Å²) in [6.07, 6.45) is 10.2. The van der Waals surface area contributed by atoms with E-state index in [1.54, 1.807) is 0 Å². The first-order valence-electron chi connectivity index (χ1n) is 6.37. The number of halogens is 1. The maximum absolute atomic E-state index is 3.71. The maximum atomic E-state index is 3.71. The van der Waals surface area contributed by atoms with E-state index in [0.29, 0.717) is 0 Å². The topological polar surface area (TPSA) is 0 Å². The van der Waals surface area contributed by atoms with Crippen molar-refractivity contribution in [3.8, 4) is 0 Å². The molecular formula is C13H25Br. The van der Waals surface area contributed by atoms with Crippen LogP contribution < -0.4 is 0 Å². The highest BCUT2D eigenvalue weighted by molar-refractivity contribution is 9.09. The summed E-state index contributed by atoms with van der Waals surface area (Å²) in [5, 5.41) is 1.23. The van der Waals surface area contributed by atoms with Crippen molar-refractivity contribution in [1.82, 2.24) is 0 Å². The Morgan fingerprint density at radius 3 is 2.14 bits per heavy atom. The van der Waals surface area contributed by atoms with Crippen LogP contribution in [0.3, 0.4) is 0 Å². The quantitative estimate of drug-likeness (QED) is 0.589. The Balaban J connectivity index is 2.36. The van der Waals surface area contributed by atoms with Crippen molar-refractivity contribution in [2.75, 3.05) is 5.33 Å². The van der Waals surface area contributed by atoms with Gasteiger partial charge in [0.05, 0.1) is 0 Å². The predicted octanol–water partition coefficient (Wildman–Crippen LogP) is 5.01. The van der Waals surface area contributed by atoms with Gasteiger partial charge in [0.2, 0.25) is 0 Å². The highest BCUT2D eigenvalue weighted by Gasteiger charge is 2.25. The van der Waals surface area contributed by atoms with E-state index >= 15 is 0 Å². The largest absolute Gasteiger partial charge is 0.0925 e. The second-order valence-corrected chi connectivity index (χ2v) is 5.52. The van der Waals surface area contributed by atoms with E-state index in [1.807, 2.05) is 0 Å². The molecule has 1 heteroatoms.